The molecule has 0 saturated carbocycles. The second-order valence-electron chi connectivity index (χ2n) is 5.90. The molecule has 0 bridgehead atoms. The number of carbonyl (C=O) groups excluding carboxylic acids is 1. The molecule has 2 rings (SSSR count). The van der Waals surface area contributed by atoms with Gasteiger partial charge >= 0.3 is 0 Å². The molecule has 1 heterocycles. The summed E-state index contributed by atoms with van der Waals surface area (Å²) < 4.78 is 5.63. The van der Waals surface area contributed by atoms with Crippen molar-refractivity contribution in [2.45, 2.75) is 44.6 Å². The Labute approximate surface area is 145 Å². The third kappa shape index (κ3) is 8.94. The largest absolute Gasteiger partial charge is 0.381 e. The monoisotopic (exact) mass is 340 g/mol. The Morgan fingerprint density at radius 3 is 2.78 bits per heavy atom. The fourth-order valence-corrected chi connectivity index (χ4v) is 2.72. The Kier molecular flexibility index (Phi) is 10.7. The maximum absolute atomic E-state index is 11.7. The summed E-state index contributed by atoms with van der Waals surface area (Å²) in [5, 5.41) is 6.34. The van der Waals surface area contributed by atoms with Gasteiger partial charge in [0.05, 0.1) is 6.61 Å². The predicted octanol–water partition coefficient (Wildman–Crippen LogP) is 2.71. The van der Waals surface area contributed by atoms with Gasteiger partial charge in [-0.2, -0.15) is 0 Å². The summed E-state index contributed by atoms with van der Waals surface area (Å²) >= 11 is 0. The summed E-state index contributed by atoms with van der Waals surface area (Å²) in [7, 11) is 0. The maximum Gasteiger partial charge on any atom is 0.221 e. The van der Waals surface area contributed by atoms with E-state index in [0.717, 1.165) is 52.0 Å². The van der Waals surface area contributed by atoms with Gasteiger partial charge in [-0.3, -0.25) is 4.79 Å². The van der Waals surface area contributed by atoms with E-state index in [9.17, 15) is 4.79 Å². The highest BCUT2D eigenvalue weighted by molar-refractivity contribution is 5.85. The summed E-state index contributed by atoms with van der Waals surface area (Å²) in [6.45, 7) is 3.35. The van der Waals surface area contributed by atoms with Crippen LogP contribution in [-0.2, 0) is 16.0 Å². The quantitative estimate of drug-likeness (QED) is 0.644. The van der Waals surface area contributed by atoms with Gasteiger partial charge < -0.3 is 15.4 Å². The highest BCUT2D eigenvalue weighted by Crippen LogP contribution is 2.08. The summed E-state index contributed by atoms with van der Waals surface area (Å²) in [5.41, 5.74) is 1.32. The van der Waals surface area contributed by atoms with Crippen molar-refractivity contribution in [1.29, 1.82) is 0 Å². The Hall–Kier alpha value is -1.10. The number of unbranched alkanes of at least 4 members (excludes halogenated alkanes) is 1. The van der Waals surface area contributed by atoms with Crippen molar-refractivity contribution in [3.63, 3.8) is 0 Å². The SMILES string of the molecule is Cl.O=C(CC1CCCN1)NCCCCOCCc1ccccc1. The van der Waals surface area contributed by atoms with E-state index in [1.165, 1.54) is 12.0 Å². The third-order valence-corrected chi connectivity index (χ3v) is 4.01. The van der Waals surface area contributed by atoms with Crippen LogP contribution >= 0.6 is 12.4 Å². The topological polar surface area (TPSA) is 50.4 Å². The smallest absolute Gasteiger partial charge is 0.221 e. The van der Waals surface area contributed by atoms with Crippen molar-refractivity contribution in [3.05, 3.63) is 35.9 Å². The van der Waals surface area contributed by atoms with Gasteiger partial charge in [0.2, 0.25) is 5.91 Å². The van der Waals surface area contributed by atoms with E-state index in [1.807, 2.05) is 6.07 Å². The molecule has 1 atom stereocenters. The first-order valence-electron chi connectivity index (χ1n) is 8.46. The molecule has 1 aromatic rings. The van der Waals surface area contributed by atoms with Gasteiger partial charge in [-0.05, 0) is 44.2 Å². The Balaban J connectivity index is 0.00000264. The van der Waals surface area contributed by atoms with Crippen molar-refractivity contribution in [3.8, 4) is 0 Å². The van der Waals surface area contributed by atoms with Crippen LogP contribution in [-0.4, -0.2) is 38.3 Å². The van der Waals surface area contributed by atoms with E-state index < -0.39 is 0 Å². The lowest BCUT2D eigenvalue weighted by Gasteiger charge is -2.10. The average Bonchev–Trinajstić information content (AvgIpc) is 3.04. The number of ether oxygens (including phenoxy) is 1. The van der Waals surface area contributed by atoms with Crippen LogP contribution in [0.25, 0.3) is 0 Å². The fraction of sp³-hybridized carbons (Fsp3) is 0.611. The zero-order valence-corrected chi connectivity index (χ0v) is 14.6. The van der Waals surface area contributed by atoms with Crippen molar-refractivity contribution in [1.82, 2.24) is 10.6 Å². The molecule has 1 saturated heterocycles. The van der Waals surface area contributed by atoms with Gasteiger partial charge in [-0.25, -0.2) is 0 Å². The van der Waals surface area contributed by atoms with Crippen LogP contribution in [0.2, 0.25) is 0 Å². The summed E-state index contributed by atoms with van der Waals surface area (Å²) in [6, 6.07) is 10.8. The standard InChI is InChI=1S/C18H28N2O2.ClH/c21-18(15-17-9-6-12-19-17)20-11-4-5-13-22-14-10-16-7-2-1-3-8-16;/h1-3,7-8,17,19H,4-6,9-15H2,(H,20,21);1H. The molecule has 2 N–H and O–H groups in total. The lowest BCUT2D eigenvalue weighted by atomic mass is 10.1. The normalized spacial score (nSPS) is 16.8. The third-order valence-electron chi connectivity index (χ3n) is 4.01. The van der Waals surface area contributed by atoms with Crippen molar-refractivity contribution in [2.24, 2.45) is 0 Å². The van der Waals surface area contributed by atoms with Crippen molar-refractivity contribution in [2.75, 3.05) is 26.3 Å². The molecule has 0 aromatic heterocycles. The van der Waals surface area contributed by atoms with Crippen LogP contribution in [0.3, 0.4) is 0 Å². The molecule has 5 heteroatoms. The molecule has 130 valence electrons. The molecule has 1 aliphatic heterocycles. The molecule has 1 aliphatic rings. The summed E-state index contributed by atoms with van der Waals surface area (Å²) in [4.78, 5) is 11.7. The lowest BCUT2D eigenvalue weighted by Crippen LogP contribution is -2.32. The van der Waals surface area contributed by atoms with E-state index in [4.69, 9.17) is 4.74 Å². The lowest BCUT2D eigenvalue weighted by molar-refractivity contribution is -0.121. The number of benzene rings is 1. The molecular formula is C18H29ClN2O2. The number of carbonyl (C=O) groups is 1. The zero-order valence-electron chi connectivity index (χ0n) is 13.8. The van der Waals surface area contributed by atoms with E-state index in [2.05, 4.69) is 34.9 Å². The van der Waals surface area contributed by atoms with Crippen LogP contribution in [0.1, 0.15) is 37.7 Å². The molecule has 1 unspecified atom stereocenters. The maximum atomic E-state index is 11.7. The Bertz CT molecular complexity index is 422. The van der Waals surface area contributed by atoms with E-state index >= 15 is 0 Å². The molecule has 0 spiro atoms. The number of rotatable bonds is 10. The molecular weight excluding hydrogens is 312 g/mol. The Morgan fingerprint density at radius 2 is 2.04 bits per heavy atom. The summed E-state index contributed by atoms with van der Waals surface area (Å²) in [5.74, 6) is 0.171. The van der Waals surface area contributed by atoms with E-state index in [0.29, 0.717) is 12.5 Å². The van der Waals surface area contributed by atoms with Gasteiger partial charge in [-0.1, -0.05) is 30.3 Å². The van der Waals surface area contributed by atoms with Gasteiger partial charge in [0.15, 0.2) is 0 Å². The summed E-state index contributed by atoms with van der Waals surface area (Å²) in [6.07, 6.45) is 5.88. The molecule has 1 amide bonds. The van der Waals surface area contributed by atoms with Crippen LogP contribution in [0.15, 0.2) is 30.3 Å². The van der Waals surface area contributed by atoms with Crippen LogP contribution in [0, 0.1) is 0 Å². The molecule has 0 aliphatic carbocycles. The number of nitrogens with one attached hydrogen (secondary N) is 2. The first-order valence-corrected chi connectivity index (χ1v) is 8.46. The molecule has 1 aromatic carbocycles. The Morgan fingerprint density at radius 1 is 1.22 bits per heavy atom. The van der Waals surface area contributed by atoms with Crippen LogP contribution < -0.4 is 10.6 Å². The second kappa shape index (κ2) is 12.3. The minimum Gasteiger partial charge on any atom is -0.381 e. The molecule has 4 nitrogen and oxygen atoms in total. The first-order chi connectivity index (χ1) is 10.8. The average molecular weight is 341 g/mol. The van der Waals surface area contributed by atoms with E-state index in [1.54, 1.807) is 0 Å². The first kappa shape index (κ1) is 19.9. The minimum absolute atomic E-state index is 0. The van der Waals surface area contributed by atoms with Gasteiger partial charge in [0, 0.05) is 25.6 Å². The van der Waals surface area contributed by atoms with Gasteiger partial charge in [-0.15, -0.1) is 12.4 Å². The number of hydrogen-bond donors (Lipinski definition) is 2. The van der Waals surface area contributed by atoms with Gasteiger partial charge in [0.1, 0.15) is 0 Å². The van der Waals surface area contributed by atoms with Gasteiger partial charge in [0.25, 0.3) is 0 Å². The molecule has 23 heavy (non-hydrogen) atoms. The molecule has 0 radical (unpaired) electrons. The van der Waals surface area contributed by atoms with Crippen molar-refractivity contribution < 1.29 is 9.53 Å². The van der Waals surface area contributed by atoms with Crippen LogP contribution in [0.4, 0.5) is 0 Å². The zero-order chi connectivity index (χ0) is 15.5. The highest BCUT2D eigenvalue weighted by Gasteiger charge is 2.16. The number of amides is 1. The molecule has 1 fully saturated rings. The fourth-order valence-electron chi connectivity index (χ4n) is 2.72. The second-order valence-corrected chi connectivity index (χ2v) is 5.90. The number of halogens is 1. The van der Waals surface area contributed by atoms with E-state index in [-0.39, 0.29) is 18.3 Å². The highest BCUT2D eigenvalue weighted by atomic mass is 35.5. The number of hydrogen-bond acceptors (Lipinski definition) is 3. The van der Waals surface area contributed by atoms with Crippen LogP contribution in [0.5, 0.6) is 0 Å². The minimum atomic E-state index is 0. The van der Waals surface area contributed by atoms with Crippen molar-refractivity contribution >= 4 is 18.3 Å². The predicted molar refractivity (Wildman–Crippen MR) is 96.1 cm³/mol.